The second-order valence-electron chi connectivity index (χ2n) is 5.98. The van der Waals surface area contributed by atoms with Gasteiger partial charge >= 0.3 is 12.3 Å². The molecule has 1 aliphatic heterocycles. The van der Waals surface area contributed by atoms with E-state index in [-0.39, 0.29) is 12.1 Å². The maximum absolute atomic E-state index is 12.6. The molecule has 2 aromatic carbocycles. The summed E-state index contributed by atoms with van der Waals surface area (Å²) in [6.45, 7) is 1.45. The molecule has 5 nitrogen and oxygen atoms in total. The van der Waals surface area contributed by atoms with E-state index >= 15 is 0 Å². The summed E-state index contributed by atoms with van der Waals surface area (Å²) in [5.41, 5.74) is -0.339. The number of cyclic esters (lactones) is 1. The van der Waals surface area contributed by atoms with Gasteiger partial charge in [0.05, 0.1) is 5.56 Å². The second kappa shape index (κ2) is 6.36. The highest BCUT2D eigenvalue weighted by Crippen LogP contribution is 2.30. The molecule has 0 saturated carbocycles. The van der Waals surface area contributed by atoms with Gasteiger partial charge in [0.15, 0.2) is 5.60 Å². The summed E-state index contributed by atoms with van der Waals surface area (Å²) in [4.78, 5) is 24.7. The molecule has 8 heteroatoms. The number of carbonyl (C=O) groups is 2. The van der Waals surface area contributed by atoms with Crippen LogP contribution in [0, 0.1) is 0 Å². The molecule has 26 heavy (non-hydrogen) atoms. The summed E-state index contributed by atoms with van der Waals surface area (Å²) >= 11 is 0. The molecule has 1 N–H and O–H groups in total. The number of hydrogen-bond acceptors (Lipinski definition) is 4. The molecule has 0 radical (unpaired) electrons. The van der Waals surface area contributed by atoms with Gasteiger partial charge in [0, 0.05) is 18.2 Å². The number of esters is 1. The minimum Gasteiger partial charge on any atom is -0.445 e. The number of halogens is 3. The average Bonchev–Trinajstić information content (AvgIpc) is 2.53. The largest absolute Gasteiger partial charge is 0.573 e. The third kappa shape index (κ3) is 3.79. The minimum absolute atomic E-state index is 0.0906. The Morgan fingerprint density at radius 1 is 1.19 bits per heavy atom. The highest BCUT2D eigenvalue weighted by atomic mass is 19.4. The highest BCUT2D eigenvalue weighted by Gasteiger charge is 2.42. The summed E-state index contributed by atoms with van der Waals surface area (Å²) in [5.74, 6) is -1.74. The smallest absolute Gasteiger partial charge is 0.445 e. The monoisotopic (exact) mass is 365 g/mol. The van der Waals surface area contributed by atoms with Crippen molar-refractivity contribution < 1.29 is 32.2 Å². The van der Waals surface area contributed by atoms with Crippen LogP contribution in [0.1, 0.15) is 22.8 Å². The second-order valence-corrected chi connectivity index (χ2v) is 5.98. The molecular formula is C18H14F3NO4. The van der Waals surface area contributed by atoms with Gasteiger partial charge in [0.25, 0.3) is 5.91 Å². The van der Waals surface area contributed by atoms with E-state index in [1.165, 1.54) is 19.1 Å². The van der Waals surface area contributed by atoms with Crippen molar-refractivity contribution in [1.82, 2.24) is 0 Å². The maximum atomic E-state index is 12.6. The number of benzene rings is 2. The Bertz CT molecular complexity index is 866. The molecule has 0 bridgehead atoms. The summed E-state index contributed by atoms with van der Waals surface area (Å²) in [7, 11) is 0. The van der Waals surface area contributed by atoms with Crippen LogP contribution in [0.2, 0.25) is 0 Å². The summed E-state index contributed by atoms with van der Waals surface area (Å²) in [6.07, 6.45) is -4.68. The number of carbonyl (C=O) groups excluding carboxylic acids is 2. The molecule has 2 aromatic rings. The standard InChI is InChI=1S/C18H14F3NO4/c1-17(10-11-5-2-3-8-14(11)15(23)26-17)16(24)22-12-6-4-7-13(9-12)25-18(19,20)21/h2-9H,10H2,1H3,(H,22,24)/t17-/m1/s1. The third-order valence-corrected chi connectivity index (χ3v) is 3.89. The van der Waals surface area contributed by atoms with Crippen molar-refractivity contribution in [1.29, 1.82) is 0 Å². The molecule has 0 saturated heterocycles. The molecule has 0 aliphatic carbocycles. The first-order chi connectivity index (χ1) is 12.2. The van der Waals surface area contributed by atoms with Crippen LogP contribution in [0.4, 0.5) is 18.9 Å². The number of fused-ring (bicyclic) bond motifs is 1. The van der Waals surface area contributed by atoms with E-state index < -0.39 is 29.6 Å². The topological polar surface area (TPSA) is 64.6 Å². The van der Waals surface area contributed by atoms with Gasteiger partial charge in [-0.05, 0) is 30.7 Å². The Morgan fingerprint density at radius 2 is 1.92 bits per heavy atom. The van der Waals surface area contributed by atoms with Crippen molar-refractivity contribution in [2.24, 2.45) is 0 Å². The van der Waals surface area contributed by atoms with E-state index in [2.05, 4.69) is 10.1 Å². The maximum Gasteiger partial charge on any atom is 0.573 e. The quantitative estimate of drug-likeness (QED) is 0.843. The van der Waals surface area contributed by atoms with Crippen LogP contribution in [0.3, 0.4) is 0 Å². The molecular weight excluding hydrogens is 351 g/mol. The lowest BCUT2D eigenvalue weighted by Crippen LogP contribution is -2.48. The SMILES string of the molecule is C[C@]1(C(=O)Nc2cccc(OC(F)(F)F)c2)Cc2ccccc2C(=O)O1. The van der Waals surface area contributed by atoms with E-state index in [0.717, 1.165) is 12.1 Å². The fraction of sp³-hybridized carbons (Fsp3) is 0.222. The van der Waals surface area contributed by atoms with Crippen LogP contribution >= 0.6 is 0 Å². The van der Waals surface area contributed by atoms with Gasteiger partial charge in [0.2, 0.25) is 0 Å². The number of rotatable bonds is 3. The first-order valence-corrected chi connectivity index (χ1v) is 7.65. The zero-order chi connectivity index (χ0) is 18.9. The van der Waals surface area contributed by atoms with E-state index in [0.29, 0.717) is 11.1 Å². The fourth-order valence-electron chi connectivity index (χ4n) is 2.69. The van der Waals surface area contributed by atoms with E-state index in [1.807, 2.05) is 0 Å². The lowest BCUT2D eigenvalue weighted by Gasteiger charge is -2.33. The van der Waals surface area contributed by atoms with Crippen molar-refractivity contribution in [2.45, 2.75) is 25.3 Å². The lowest BCUT2D eigenvalue weighted by molar-refractivity contribution is -0.274. The number of nitrogens with one attached hydrogen (secondary N) is 1. The van der Waals surface area contributed by atoms with E-state index in [1.54, 1.807) is 24.3 Å². The normalized spacial score (nSPS) is 19.3. The van der Waals surface area contributed by atoms with Gasteiger partial charge in [-0.3, -0.25) is 4.79 Å². The van der Waals surface area contributed by atoms with Crippen LogP contribution < -0.4 is 10.1 Å². The average molecular weight is 365 g/mol. The van der Waals surface area contributed by atoms with Gasteiger partial charge < -0.3 is 14.8 Å². The van der Waals surface area contributed by atoms with Crippen molar-refractivity contribution in [3.05, 3.63) is 59.7 Å². The van der Waals surface area contributed by atoms with E-state index in [9.17, 15) is 22.8 Å². The number of ether oxygens (including phenoxy) is 2. The van der Waals surface area contributed by atoms with Crippen LogP contribution in [-0.2, 0) is 16.0 Å². The van der Waals surface area contributed by atoms with Gasteiger partial charge in [0.1, 0.15) is 5.75 Å². The zero-order valence-electron chi connectivity index (χ0n) is 13.6. The van der Waals surface area contributed by atoms with Crippen molar-refractivity contribution in [3.63, 3.8) is 0 Å². The van der Waals surface area contributed by atoms with Crippen LogP contribution in [0.25, 0.3) is 0 Å². The van der Waals surface area contributed by atoms with Gasteiger partial charge in [-0.1, -0.05) is 24.3 Å². The lowest BCUT2D eigenvalue weighted by atomic mass is 9.89. The highest BCUT2D eigenvalue weighted by molar-refractivity contribution is 6.02. The Hall–Kier alpha value is -3.03. The van der Waals surface area contributed by atoms with Gasteiger partial charge in [-0.25, -0.2) is 4.79 Å². The molecule has 1 aliphatic rings. The van der Waals surface area contributed by atoms with Crippen molar-refractivity contribution in [3.8, 4) is 5.75 Å². The molecule has 3 rings (SSSR count). The van der Waals surface area contributed by atoms with E-state index in [4.69, 9.17) is 4.74 Å². The molecule has 0 aromatic heterocycles. The summed E-state index contributed by atoms with van der Waals surface area (Å²) in [6, 6.07) is 11.6. The van der Waals surface area contributed by atoms with Crippen molar-refractivity contribution in [2.75, 3.05) is 5.32 Å². The first-order valence-electron chi connectivity index (χ1n) is 7.65. The van der Waals surface area contributed by atoms with Gasteiger partial charge in [-0.15, -0.1) is 13.2 Å². The Morgan fingerprint density at radius 3 is 2.65 bits per heavy atom. The van der Waals surface area contributed by atoms with Crippen LogP contribution in [-0.4, -0.2) is 23.8 Å². The first kappa shape index (κ1) is 17.8. The summed E-state index contributed by atoms with van der Waals surface area (Å²) in [5, 5.41) is 2.47. The number of hydrogen-bond donors (Lipinski definition) is 1. The molecule has 0 fully saturated rings. The number of amides is 1. The Labute approximate surface area is 146 Å². The number of anilines is 1. The molecule has 1 heterocycles. The zero-order valence-corrected chi connectivity index (χ0v) is 13.6. The van der Waals surface area contributed by atoms with Crippen LogP contribution in [0.5, 0.6) is 5.75 Å². The third-order valence-electron chi connectivity index (χ3n) is 3.89. The Balaban J connectivity index is 1.78. The summed E-state index contributed by atoms with van der Waals surface area (Å²) < 4.78 is 46.0. The molecule has 0 unspecified atom stereocenters. The Kier molecular flexibility index (Phi) is 4.35. The molecule has 0 spiro atoms. The predicted octanol–water partition coefficient (Wildman–Crippen LogP) is 3.70. The van der Waals surface area contributed by atoms with Gasteiger partial charge in [-0.2, -0.15) is 0 Å². The molecule has 136 valence electrons. The molecule has 1 amide bonds. The minimum atomic E-state index is -4.84. The fourth-order valence-corrected chi connectivity index (χ4v) is 2.69. The predicted molar refractivity (Wildman–Crippen MR) is 85.7 cm³/mol. The molecule has 1 atom stereocenters. The van der Waals surface area contributed by atoms with Crippen molar-refractivity contribution >= 4 is 17.6 Å². The van der Waals surface area contributed by atoms with Crippen LogP contribution in [0.15, 0.2) is 48.5 Å². The number of alkyl halides is 3.